The minimum absolute atomic E-state index is 0.136. The first-order valence-corrected chi connectivity index (χ1v) is 14.4. The van der Waals surface area contributed by atoms with Crippen LogP contribution in [0.2, 0.25) is 0 Å². The summed E-state index contributed by atoms with van der Waals surface area (Å²) in [5, 5.41) is 15.7. The molecule has 0 spiro atoms. The first kappa shape index (κ1) is 30.0. The number of nitrogens with zero attached hydrogens (tertiary/aromatic N) is 2. The van der Waals surface area contributed by atoms with E-state index in [4.69, 9.17) is 4.84 Å². The Morgan fingerprint density at radius 3 is 2.37 bits per heavy atom. The number of fused-ring (bicyclic) bond motifs is 1. The summed E-state index contributed by atoms with van der Waals surface area (Å²) in [6.45, 7) is 4.91. The molecule has 0 aromatic heterocycles. The molecular formula is C33H37N5O5. The molecule has 5 rings (SSSR count). The maximum absolute atomic E-state index is 13.2. The number of aryl methyl sites for hydroxylation is 1. The van der Waals surface area contributed by atoms with Gasteiger partial charge in [0.1, 0.15) is 0 Å². The lowest BCUT2D eigenvalue weighted by atomic mass is 9.96. The van der Waals surface area contributed by atoms with Gasteiger partial charge in [0.05, 0.1) is 29.1 Å². The van der Waals surface area contributed by atoms with Crippen LogP contribution in [0.3, 0.4) is 0 Å². The van der Waals surface area contributed by atoms with Gasteiger partial charge >= 0.3 is 5.97 Å². The summed E-state index contributed by atoms with van der Waals surface area (Å²) >= 11 is 0. The SMILES string of the molecule is Cc1cc2c(cc1C(=O)O)NC(=O)/C2=C(\Nc1ccc(C(=O)NOCCN2CCC(N(C)C)CC2)cc1)c1ccccc1. The zero-order chi connectivity index (χ0) is 30.5. The number of nitrogens with one attached hydrogen (secondary N) is 3. The number of likely N-dealkylation sites (tertiary alicyclic amines) is 1. The van der Waals surface area contributed by atoms with Gasteiger partial charge in [-0.1, -0.05) is 30.3 Å². The monoisotopic (exact) mass is 583 g/mol. The number of benzene rings is 3. The number of amides is 2. The summed E-state index contributed by atoms with van der Waals surface area (Å²) in [5.41, 5.74) is 7.15. The van der Waals surface area contributed by atoms with Crippen LogP contribution < -0.4 is 16.1 Å². The van der Waals surface area contributed by atoms with Gasteiger partial charge < -0.3 is 25.5 Å². The van der Waals surface area contributed by atoms with Crippen LogP contribution in [0.1, 0.15) is 50.2 Å². The van der Waals surface area contributed by atoms with Gasteiger partial charge in [-0.05, 0) is 94.5 Å². The molecule has 3 aromatic rings. The number of carbonyl (C=O) groups excluding carboxylic acids is 2. The summed E-state index contributed by atoms with van der Waals surface area (Å²) in [6, 6.07) is 20.2. The van der Waals surface area contributed by atoms with E-state index in [1.165, 1.54) is 6.07 Å². The van der Waals surface area contributed by atoms with Crippen LogP contribution in [0, 0.1) is 6.92 Å². The number of piperidine rings is 1. The molecule has 10 nitrogen and oxygen atoms in total. The Morgan fingerprint density at radius 2 is 1.72 bits per heavy atom. The van der Waals surface area contributed by atoms with Crippen molar-refractivity contribution in [1.82, 2.24) is 15.3 Å². The lowest BCUT2D eigenvalue weighted by molar-refractivity contribution is -0.110. The highest BCUT2D eigenvalue weighted by molar-refractivity contribution is 6.37. The van der Waals surface area contributed by atoms with Crippen LogP contribution in [-0.4, -0.2) is 79.1 Å². The first-order valence-electron chi connectivity index (χ1n) is 14.4. The molecule has 2 aliphatic heterocycles. The molecule has 2 heterocycles. The minimum atomic E-state index is -1.05. The molecule has 0 aliphatic carbocycles. The van der Waals surface area contributed by atoms with E-state index >= 15 is 0 Å². The van der Waals surface area contributed by atoms with E-state index in [2.05, 4.69) is 40.0 Å². The second kappa shape index (κ2) is 13.2. The minimum Gasteiger partial charge on any atom is -0.478 e. The molecule has 2 amide bonds. The highest BCUT2D eigenvalue weighted by Crippen LogP contribution is 2.39. The highest BCUT2D eigenvalue weighted by atomic mass is 16.7. The number of aromatic carboxylic acids is 1. The summed E-state index contributed by atoms with van der Waals surface area (Å²) in [4.78, 5) is 47.6. The van der Waals surface area contributed by atoms with Crippen molar-refractivity contribution in [3.8, 4) is 0 Å². The molecule has 0 unspecified atom stereocenters. The molecule has 3 aromatic carbocycles. The van der Waals surface area contributed by atoms with E-state index in [-0.39, 0.29) is 17.4 Å². The smallest absolute Gasteiger partial charge is 0.336 e. The zero-order valence-corrected chi connectivity index (χ0v) is 24.6. The summed E-state index contributed by atoms with van der Waals surface area (Å²) < 4.78 is 0. The molecule has 10 heteroatoms. The predicted molar refractivity (Wildman–Crippen MR) is 167 cm³/mol. The second-order valence-corrected chi connectivity index (χ2v) is 11.1. The topological polar surface area (TPSA) is 123 Å². The lowest BCUT2D eigenvalue weighted by Crippen LogP contribution is -2.43. The zero-order valence-electron chi connectivity index (χ0n) is 24.6. The Bertz CT molecular complexity index is 1530. The van der Waals surface area contributed by atoms with Crippen LogP contribution in [-0.2, 0) is 9.63 Å². The summed E-state index contributed by atoms with van der Waals surface area (Å²) in [5.74, 6) is -1.73. The average molecular weight is 584 g/mol. The molecule has 2 aliphatic rings. The van der Waals surface area contributed by atoms with Crippen molar-refractivity contribution >= 4 is 40.4 Å². The molecule has 4 N–H and O–H groups in total. The Hall–Kier alpha value is -4.51. The van der Waals surface area contributed by atoms with E-state index in [1.807, 2.05) is 30.3 Å². The summed E-state index contributed by atoms with van der Waals surface area (Å²) in [6.07, 6.45) is 2.26. The van der Waals surface area contributed by atoms with Crippen LogP contribution >= 0.6 is 0 Å². The third-order valence-electron chi connectivity index (χ3n) is 8.03. The van der Waals surface area contributed by atoms with Crippen LogP contribution in [0.25, 0.3) is 11.3 Å². The second-order valence-electron chi connectivity index (χ2n) is 11.1. The van der Waals surface area contributed by atoms with Crippen LogP contribution in [0.5, 0.6) is 0 Å². The van der Waals surface area contributed by atoms with E-state index < -0.39 is 5.97 Å². The van der Waals surface area contributed by atoms with Gasteiger partial charge in [0, 0.05) is 29.4 Å². The molecule has 224 valence electrons. The number of carboxylic acids is 1. The molecule has 0 saturated carbocycles. The molecule has 1 fully saturated rings. The maximum atomic E-state index is 13.2. The number of hydrogen-bond donors (Lipinski definition) is 4. The molecule has 0 atom stereocenters. The fraction of sp³-hybridized carbons (Fsp3) is 0.303. The van der Waals surface area contributed by atoms with Crippen LogP contribution in [0.4, 0.5) is 11.4 Å². The number of carboxylic acid groups (broad SMARTS) is 1. The van der Waals surface area contributed by atoms with Crippen molar-refractivity contribution in [2.75, 3.05) is 51.0 Å². The predicted octanol–water partition coefficient (Wildman–Crippen LogP) is 4.31. The van der Waals surface area contributed by atoms with E-state index in [1.54, 1.807) is 37.3 Å². The molecule has 0 bridgehead atoms. The Kier molecular flexibility index (Phi) is 9.20. The van der Waals surface area contributed by atoms with E-state index in [0.717, 1.165) is 38.0 Å². The average Bonchev–Trinajstić information content (AvgIpc) is 3.32. The van der Waals surface area contributed by atoms with Gasteiger partial charge in [0.15, 0.2) is 0 Å². The van der Waals surface area contributed by atoms with Crippen molar-refractivity contribution in [2.45, 2.75) is 25.8 Å². The third kappa shape index (κ3) is 6.94. The molecular weight excluding hydrogens is 546 g/mol. The number of hydroxylamine groups is 1. The Labute approximate surface area is 251 Å². The van der Waals surface area contributed by atoms with E-state index in [9.17, 15) is 19.5 Å². The fourth-order valence-corrected chi connectivity index (χ4v) is 5.55. The van der Waals surface area contributed by atoms with Gasteiger partial charge in [0.2, 0.25) is 0 Å². The molecule has 0 radical (unpaired) electrons. The Balaban J connectivity index is 1.27. The van der Waals surface area contributed by atoms with Crippen molar-refractivity contribution in [3.63, 3.8) is 0 Å². The molecule has 43 heavy (non-hydrogen) atoms. The number of anilines is 2. The fourth-order valence-electron chi connectivity index (χ4n) is 5.55. The van der Waals surface area contributed by atoms with Gasteiger partial charge in [-0.3, -0.25) is 14.4 Å². The van der Waals surface area contributed by atoms with Crippen molar-refractivity contribution in [2.24, 2.45) is 0 Å². The van der Waals surface area contributed by atoms with E-state index in [0.29, 0.717) is 52.0 Å². The number of rotatable bonds is 10. The number of hydrogen-bond acceptors (Lipinski definition) is 7. The van der Waals surface area contributed by atoms with Crippen molar-refractivity contribution in [1.29, 1.82) is 0 Å². The first-order chi connectivity index (χ1) is 20.7. The maximum Gasteiger partial charge on any atom is 0.336 e. The van der Waals surface area contributed by atoms with Gasteiger partial charge in [0.25, 0.3) is 11.8 Å². The van der Waals surface area contributed by atoms with Crippen molar-refractivity contribution < 1.29 is 24.3 Å². The largest absolute Gasteiger partial charge is 0.478 e. The van der Waals surface area contributed by atoms with Crippen LogP contribution in [0.15, 0.2) is 66.7 Å². The van der Waals surface area contributed by atoms with Crippen molar-refractivity contribution in [3.05, 3.63) is 94.5 Å². The van der Waals surface area contributed by atoms with Gasteiger partial charge in [-0.25, -0.2) is 10.3 Å². The quantitative estimate of drug-likeness (QED) is 0.158. The lowest BCUT2D eigenvalue weighted by Gasteiger charge is -2.34. The normalized spacial score (nSPS) is 16.5. The molecule has 1 saturated heterocycles. The highest BCUT2D eigenvalue weighted by Gasteiger charge is 2.30. The third-order valence-corrected chi connectivity index (χ3v) is 8.03. The Morgan fingerprint density at radius 1 is 1.02 bits per heavy atom. The standard InChI is InChI=1S/C33H37N5O5/c1-21-19-27-28(20-26(21)33(41)42)35-32(40)29(27)30(22-7-5-4-6-8-22)34-24-11-9-23(10-12-24)31(39)36-43-18-17-38-15-13-25(14-16-38)37(2)3/h4-12,19-20,25,34H,13-18H2,1-3H3,(H,35,40)(H,36,39)(H,41,42)/b30-29-. The summed E-state index contributed by atoms with van der Waals surface area (Å²) in [7, 11) is 4.24. The van der Waals surface area contributed by atoms with Gasteiger partial charge in [-0.15, -0.1) is 0 Å². The van der Waals surface area contributed by atoms with Gasteiger partial charge in [-0.2, -0.15) is 0 Å². The number of carbonyl (C=O) groups is 3.